The first-order chi connectivity index (χ1) is 17.6. The molecule has 0 unspecified atom stereocenters. The monoisotopic (exact) mass is 477 g/mol. The Morgan fingerprint density at radius 3 is 2.33 bits per heavy atom. The van der Waals surface area contributed by atoms with Gasteiger partial charge in [0.05, 0.1) is 7.11 Å². The maximum Gasteiger partial charge on any atom is 0.266 e. The van der Waals surface area contributed by atoms with Crippen LogP contribution in [0.4, 0.5) is 11.4 Å². The fourth-order valence-corrected chi connectivity index (χ4v) is 3.54. The smallest absolute Gasteiger partial charge is 0.266 e. The van der Waals surface area contributed by atoms with Gasteiger partial charge in [0.2, 0.25) is 0 Å². The number of rotatable bonds is 8. The molecule has 0 radical (unpaired) electrons. The second kappa shape index (κ2) is 11.4. The summed E-state index contributed by atoms with van der Waals surface area (Å²) < 4.78 is 11.0. The lowest BCUT2D eigenvalue weighted by molar-refractivity contribution is -0.118. The standard InChI is InChI=1S/C29H23N3O4/c1-35-27-16-20(11-14-26(27)36-19-28(33)31-24-9-3-2-4-10-24)15-23(18-30)29(34)32-25-13-12-21-7-5-6-8-22(21)17-25/h2-17H,19H2,1H3,(H,31,33)(H,32,34)/b23-15+. The molecule has 4 aromatic rings. The Morgan fingerprint density at radius 1 is 0.833 bits per heavy atom. The van der Waals surface area contributed by atoms with Crippen LogP contribution in [-0.4, -0.2) is 25.5 Å². The molecule has 0 aliphatic rings. The van der Waals surface area contributed by atoms with E-state index < -0.39 is 5.91 Å². The van der Waals surface area contributed by atoms with E-state index in [2.05, 4.69) is 10.6 Å². The first-order valence-electron chi connectivity index (χ1n) is 11.1. The highest BCUT2D eigenvalue weighted by molar-refractivity contribution is 6.10. The number of benzene rings is 4. The largest absolute Gasteiger partial charge is 0.493 e. The van der Waals surface area contributed by atoms with Crippen molar-refractivity contribution in [1.29, 1.82) is 5.26 Å². The van der Waals surface area contributed by atoms with Crippen LogP contribution in [0.1, 0.15) is 5.56 Å². The second-order valence-electron chi connectivity index (χ2n) is 7.80. The van der Waals surface area contributed by atoms with E-state index in [1.165, 1.54) is 13.2 Å². The highest BCUT2D eigenvalue weighted by Gasteiger charge is 2.12. The number of carbonyl (C=O) groups is 2. The normalized spacial score (nSPS) is 10.8. The van der Waals surface area contributed by atoms with E-state index in [9.17, 15) is 14.9 Å². The van der Waals surface area contributed by atoms with Gasteiger partial charge in [-0.2, -0.15) is 5.26 Å². The molecule has 4 rings (SSSR count). The molecule has 0 bridgehead atoms. The average molecular weight is 478 g/mol. The molecule has 7 heteroatoms. The van der Waals surface area contributed by atoms with Crippen LogP contribution in [0.3, 0.4) is 0 Å². The summed E-state index contributed by atoms with van der Waals surface area (Å²) in [4.78, 5) is 24.9. The molecule has 0 atom stereocenters. The molecule has 7 nitrogen and oxygen atoms in total. The average Bonchev–Trinajstić information content (AvgIpc) is 2.91. The minimum atomic E-state index is -0.523. The maximum absolute atomic E-state index is 12.7. The topological polar surface area (TPSA) is 100 Å². The van der Waals surface area contributed by atoms with Crippen LogP contribution in [0.5, 0.6) is 11.5 Å². The van der Waals surface area contributed by atoms with Crippen LogP contribution < -0.4 is 20.1 Å². The Bertz CT molecular complexity index is 1470. The van der Waals surface area contributed by atoms with Crippen molar-refractivity contribution in [1.82, 2.24) is 0 Å². The Kier molecular flexibility index (Phi) is 7.59. The predicted molar refractivity (Wildman–Crippen MR) is 140 cm³/mol. The van der Waals surface area contributed by atoms with E-state index in [-0.39, 0.29) is 18.1 Å². The first kappa shape index (κ1) is 24.0. The van der Waals surface area contributed by atoms with Gasteiger partial charge in [-0.3, -0.25) is 9.59 Å². The van der Waals surface area contributed by atoms with Crippen LogP contribution in [0, 0.1) is 11.3 Å². The highest BCUT2D eigenvalue weighted by atomic mass is 16.5. The number of anilines is 2. The summed E-state index contributed by atoms with van der Waals surface area (Å²) >= 11 is 0. The van der Waals surface area contributed by atoms with Gasteiger partial charge >= 0.3 is 0 Å². The minimum Gasteiger partial charge on any atom is -0.493 e. The van der Waals surface area contributed by atoms with E-state index in [0.717, 1.165) is 10.8 Å². The zero-order chi connectivity index (χ0) is 25.3. The van der Waals surface area contributed by atoms with Crippen molar-refractivity contribution < 1.29 is 19.1 Å². The number of carbonyl (C=O) groups excluding carboxylic acids is 2. The van der Waals surface area contributed by atoms with Gasteiger partial charge in [0, 0.05) is 11.4 Å². The van der Waals surface area contributed by atoms with Crippen molar-refractivity contribution in [2.45, 2.75) is 0 Å². The Labute approximate surface area is 208 Å². The van der Waals surface area contributed by atoms with Gasteiger partial charge in [-0.25, -0.2) is 0 Å². The van der Waals surface area contributed by atoms with Crippen molar-refractivity contribution in [2.24, 2.45) is 0 Å². The molecule has 178 valence electrons. The zero-order valence-electron chi connectivity index (χ0n) is 19.5. The zero-order valence-corrected chi connectivity index (χ0v) is 19.5. The molecule has 0 heterocycles. The van der Waals surface area contributed by atoms with E-state index in [0.29, 0.717) is 28.4 Å². The van der Waals surface area contributed by atoms with Gasteiger partial charge in [0.15, 0.2) is 18.1 Å². The molecule has 0 spiro atoms. The van der Waals surface area contributed by atoms with Crippen LogP contribution in [0.25, 0.3) is 16.8 Å². The summed E-state index contributed by atoms with van der Waals surface area (Å²) in [6, 6.07) is 29.3. The lowest BCUT2D eigenvalue weighted by Gasteiger charge is -2.12. The van der Waals surface area contributed by atoms with Crippen LogP contribution >= 0.6 is 0 Å². The van der Waals surface area contributed by atoms with Crippen LogP contribution in [0.2, 0.25) is 0 Å². The van der Waals surface area contributed by atoms with Crippen LogP contribution in [-0.2, 0) is 9.59 Å². The number of hydrogen-bond acceptors (Lipinski definition) is 5. The van der Waals surface area contributed by atoms with Crippen molar-refractivity contribution in [3.8, 4) is 17.6 Å². The number of nitrogens with zero attached hydrogens (tertiary/aromatic N) is 1. The molecule has 2 amide bonds. The van der Waals surface area contributed by atoms with Crippen molar-refractivity contribution in [3.63, 3.8) is 0 Å². The summed E-state index contributed by atoms with van der Waals surface area (Å²) in [5.41, 5.74) is 1.76. The number of nitriles is 1. The number of hydrogen-bond donors (Lipinski definition) is 2. The fourth-order valence-electron chi connectivity index (χ4n) is 3.54. The van der Waals surface area contributed by atoms with Gasteiger partial charge < -0.3 is 20.1 Å². The van der Waals surface area contributed by atoms with Gasteiger partial charge in [0.1, 0.15) is 11.6 Å². The van der Waals surface area contributed by atoms with Gasteiger partial charge in [0.25, 0.3) is 11.8 Å². The number of ether oxygens (including phenoxy) is 2. The number of nitrogens with one attached hydrogen (secondary N) is 2. The summed E-state index contributed by atoms with van der Waals surface area (Å²) in [6.45, 7) is -0.210. The fraction of sp³-hybridized carbons (Fsp3) is 0.0690. The maximum atomic E-state index is 12.7. The quantitative estimate of drug-likeness (QED) is 0.261. The Hall–Kier alpha value is -5.09. The predicted octanol–water partition coefficient (Wildman–Crippen LogP) is 5.41. The van der Waals surface area contributed by atoms with E-state index >= 15 is 0 Å². The number of methoxy groups -OCH3 is 1. The Balaban J connectivity index is 1.44. The molecule has 36 heavy (non-hydrogen) atoms. The molecule has 4 aromatic carbocycles. The lowest BCUT2D eigenvalue weighted by atomic mass is 10.1. The van der Waals surface area contributed by atoms with E-state index in [4.69, 9.17) is 9.47 Å². The molecule has 0 aliphatic carbocycles. The third kappa shape index (κ3) is 6.07. The summed E-state index contributed by atoms with van der Waals surface area (Å²) in [7, 11) is 1.47. The molecule has 0 saturated carbocycles. The third-order valence-electron chi connectivity index (χ3n) is 5.29. The molecule has 0 fully saturated rings. The molecule has 2 N–H and O–H groups in total. The van der Waals surface area contributed by atoms with E-state index in [1.54, 1.807) is 36.4 Å². The summed E-state index contributed by atoms with van der Waals surface area (Å²) in [5, 5.41) is 17.1. The lowest BCUT2D eigenvalue weighted by Crippen LogP contribution is -2.20. The number of amides is 2. The Morgan fingerprint density at radius 2 is 1.58 bits per heavy atom. The highest BCUT2D eigenvalue weighted by Crippen LogP contribution is 2.29. The molecular weight excluding hydrogens is 454 g/mol. The van der Waals surface area contributed by atoms with Crippen LogP contribution in [0.15, 0.2) is 96.6 Å². The van der Waals surface area contributed by atoms with Crippen molar-refractivity contribution in [3.05, 3.63) is 102 Å². The molecule has 0 aromatic heterocycles. The van der Waals surface area contributed by atoms with Crippen molar-refractivity contribution in [2.75, 3.05) is 24.4 Å². The van der Waals surface area contributed by atoms with Crippen molar-refractivity contribution >= 4 is 40.0 Å². The minimum absolute atomic E-state index is 0.0684. The van der Waals surface area contributed by atoms with E-state index in [1.807, 2.05) is 60.7 Å². The first-order valence-corrected chi connectivity index (χ1v) is 11.1. The molecule has 0 aliphatic heterocycles. The number of fused-ring (bicyclic) bond motifs is 1. The van der Waals surface area contributed by atoms with Gasteiger partial charge in [-0.15, -0.1) is 0 Å². The molecular formula is C29H23N3O4. The number of para-hydroxylation sites is 1. The SMILES string of the molecule is COc1cc(/C=C(\C#N)C(=O)Nc2ccc3ccccc3c2)ccc1OCC(=O)Nc1ccccc1. The van der Waals surface area contributed by atoms with Gasteiger partial charge in [-0.05, 0) is 58.8 Å². The second-order valence-corrected chi connectivity index (χ2v) is 7.80. The molecule has 0 saturated heterocycles. The summed E-state index contributed by atoms with van der Waals surface area (Å²) in [6.07, 6.45) is 1.46. The van der Waals surface area contributed by atoms with Gasteiger partial charge in [-0.1, -0.05) is 54.6 Å². The summed E-state index contributed by atoms with van der Waals surface area (Å²) in [5.74, 6) is -0.116. The third-order valence-corrected chi connectivity index (χ3v) is 5.29.